The fraction of sp³-hybridized carbons (Fsp3) is 0.200. The molecule has 0 fully saturated rings. The van der Waals surface area contributed by atoms with Gasteiger partial charge in [-0.25, -0.2) is 18.6 Å². The van der Waals surface area contributed by atoms with Crippen molar-refractivity contribution in [2.75, 3.05) is 0 Å². The minimum Gasteiger partial charge on any atom is -0.458 e. The number of aromatic nitrogens is 1. The lowest BCUT2D eigenvalue weighted by molar-refractivity contribution is 0.0370. The number of ether oxygens (including phenoxy) is 1. The van der Waals surface area contributed by atoms with E-state index in [1.54, 1.807) is 44.2 Å². The average molecular weight is 277 g/mol. The fourth-order valence-electron chi connectivity index (χ4n) is 1.66. The fourth-order valence-corrected chi connectivity index (χ4v) is 1.66. The summed E-state index contributed by atoms with van der Waals surface area (Å²) in [5.41, 5.74) is -0.0687. The van der Waals surface area contributed by atoms with Gasteiger partial charge in [0.2, 0.25) is 0 Å². The van der Waals surface area contributed by atoms with E-state index in [9.17, 15) is 13.6 Å². The lowest BCUT2D eigenvalue weighted by Crippen LogP contribution is -2.14. The SMILES string of the molecule is CC(C)OC(=O)c1cc(F)c(F)c(-c2ccccc2)n1. The number of hydrogen-bond acceptors (Lipinski definition) is 3. The summed E-state index contributed by atoms with van der Waals surface area (Å²) in [6.07, 6.45) is -0.363. The van der Waals surface area contributed by atoms with Crippen molar-refractivity contribution in [3.05, 3.63) is 53.7 Å². The van der Waals surface area contributed by atoms with Crippen LogP contribution in [0.2, 0.25) is 0 Å². The van der Waals surface area contributed by atoms with Gasteiger partial charge in [0.25, 0.3) is 0 Å². The number of nitrogens with zero attached hydrogens (tertiary/aromatic N) is 1. The molecule has 0 radical (unpaired) electrons. The van der Waals surface area contributed by atoms with E-state index in [-0.39, 0.29) is 17.5 Å². The summed E-state index contributed by atoms with van der Waals surface area (Å²) in [6.45, 7) is 3.33. The summed E-state index contributed by atoms with van der Waals surface area (Å²) in [7, 11) is 0. The molecule has 2 aromatic rings. The van der Waals surface area contributed by atoms with Gasteiger partial charge in [-0.3, -0.25) is 0 Å². The Kier molecular flexibility index (Phi) is 4.08. The Bertz CT molecular complexity index is 627. The lowest BCUT2D eigenvalue weighted by Gasteiger charge is -2.09. The second-order valence-corrected chi connectivity index (χ2v) is 4.47. The predicted octanol–water partition coefficient (Wildman–Crippen LogP) is 3.59. The highest BCUT2D eigenvalue weighted by molar-refractivity contribution is 5.88. The van der Waals surface area contributed by atoms with Crippen molar-refractivity contribution in [3.8, 4) is 11.3 Å². The molecular weight excluding hydrogens is 264 g/mol. The first-order chi connectivity index (χ1) is 9.49. The molecule has 0 atom stereocenters. The smallest absolute Gasteiger partial charge is 0.357 e. The molecule has 0 aliphatic rings. The van der Waals surface area contributed by atoms with Crippen molar-refractivity contribution >= 4 is 5.97 Å². The quantitative estimate of drug-likeness (QED) is 0.805. The van der Waals surface area contributed by atoms with Gasteiger partial charge in [0.1, 0.15) is 5.69 Å². The van der Waals surface area contributed by atoms with Crippen molar-refractivity contribution in [1.29, 1.82) is 0 Å². The molecule has 3 nitrogen and oxygen atoms in total. The van der Waals surface area contributed by atoms with Gasteiger partial charge in [-0.05, 0) is 13.8 Å². The van der Waals surface area contributed by atoms with E-state index >= 15 is 0 Å². The van der Waals surface area contributed by atoms with Crippen LogP contribution in [0.5, 0.6) is 0 Å². The van der Waals surface area contributed by atoms with E-state index in [0.717, 1.165) is 6.07 Å². The van der Waals surface area contributed by atoms with Gasteiger partial charge < -0.3 is 4.74 Å². The van der Waals surface area contributed by atoms with Crippen molar-refractivity contribution in [2.24, 2.45) is 0 Å². The third-order valence-electron chi connectivity index (χ3n) is 2.51. The highest BCUT2D eigenvalue weighted by Crippen LogP contribution is 2.23. The topological polar surface area (TPSA) is 39.2 Å². The van der Waals surface area contributed by atoms with Gasteiger partial charge in [-0.2, -0.15) is 0 Å². The van der Waals surface area contributed by atoms with E-state index in [4.69, 9.17) is 4.74 Å². The van der Waals surface area contributed by atoms with Gasteiger partial charge in [-0.15, -0.1) is 0 Å². The highest BCUT2D eigenvalue weighted by Gasteiger charge is 2.19. The molecule has 0 saturated heterocycles. The Morgan fingerprint density at radius 1 is 1.20 bits per heavy atom. The molecule has 0 N–H and O–H groups in total. The maximum Gasteiger partial charge on any atom is 0.357 e. The number of halogens is 2. The van der Waals surface area contributed by atoms with E-state index in [1.807, 2.05) is 0 Å². The van der Waals surface area contributed by atoms with Crippen LogP contribution in [-0.2, 0) is 4.74 Å². The van der Waals surface area contributed by atoms with Crippen LogP contribution in [0.15, 0.2) is 36.4 Å². The van der Waals surface area contributed by atoms with E-state index in [0.29, 0.717) is 5.56 Å². The summed E-state index contributed by atoms with van der Waals surface area (Å²) in [5, 5.41) is 0. The van der Waals surface area contributed by atoms with Crippen molar-refractivity contribution in [1.82, 2.24) is 4.98 Å². The minimum atomic E-state index is -1.13. The van der Waals surface area contributed by atoms with Crippen molar-refractivity contribution < 1.29 is 18.3 Å². The van der Waals surface area contributed by atoms with Crippen LogP contribution >= 0.6 is 0 Å². The Morgan fingerprint density at radius 3 is 2.45 bits per heavy atom. The molecule has 0 saturated carbocycles. The summed E-state index contributed by atoms with van der Waals surface area (Å²) < 4.78 is 32.3. The van der Waals surface area contributed by atoms with Crippen LogP contribution in [0, 0.1) is 11.6 Å². The molecule has 0 aliphatic heterocycles. The summed E-state index contributed by atoms with van der Waals surface area (Å²) >= 11 is 0. The molecule has 0 unspecified atom stereocenters. The zero-order chi connectivity index (χ0) is 14.7. The molecule has 0 amide bonds. The van der Waals surface area contributed by atoms with Crippen LogP contribution < -0.4 is 0 Å². The molecule has 5 heteroatoms. The predicted molar refractivity (Wildman–Crippen MR) is 70.1 cm³/mol. The van der Waals surface area contributed by atoms with Gasteiger partial charge in [0.15, 0.2) is 17.3 Å². The maximum absolute atomic E-state index is 13.8. The minimum absolute atomic E-state index is 0.207. The second kappa shape index (κ2) is 5.77. The molecule has 2 rings (SSSR count). The maximum atomic E-state index is 13.8. The summed E-state index contributed by atoms with van der Waals surface area (Å²) in [6, 6.07) is 9.01. The largest absolute Gasteiger partial charge is 0.458 e. The zero-order valence-corrected chi connectivity index (χ0v) is 11.1. The van der Waals surface area contributed by atoms with Crippen LogP contribution in [0.3, 0.4) is 0 Å². The Labute approximate surface area is 115 Å². The number of benzene rings is 1. The molecular formula is C15H13F2NO2. The van der Waals surface area contributed by atoms with E-state index in [1.165, 1.54) is 0 Å². The van der Waals surface area contributed by atoms with Crippen molar-refractivity contribution in [2.45, 2.75) is 20.0 Å². The van der Waals surface area contributed by atoms with Crippen LogP contribution in [-0.4, -0.2) is 17.1 Å². The van der Waals surface area contributed by atoms with Crippen LogP contribution in [0.1, 0.15) is 24.3 Å². The van der Waals surface area contributed by atoms with Gasteiger partial charge in [-0.1, -0.05) is 30.3 Å². The molecule has 1 heterocycles. The number of carbonyl (C=O) groups is 1. The number of carbonyl (C=O) groups excluding carboxylic acids is 1. The lowest BCUT2D eigenvalue weighted by atomic mass is 10.1. The number of hydrogen-bond donors (Lipinski definition) is 0. The number of rotatable bonds is 3. The van der Waals surface area contributed by atoms with Gasteiger partial charge in [0, 0.05) is 11.6 Å². The Balaban J connectivity index is 2.48. The van der Waals surface area contributed by atoms with Gasteiger partial charge >= 0.3 is 5.97 Å². The standard InChI is InChI=1S/C15H13F2NO2/c1-9(2)20-15(19)12-8-11(16)13(17)14(18-12)10-6-4-3-5-7-10/h3-9H,1-2H3. The molecule has 20 heavy (non-hydrogen) atoms. The first-order valence-electron chi connectivity index (χ1n) is 6.11. The average Bonchev–Trinajstić information content (AvgIpc) is 2.41. The first-order valence-corrected chi connectivity index (χ1v) is 6.11. The second-order valence-electron chi connectivity index (χ2n) is 4.47. The normalized spacial score (nSPS) is 10.7. The molecule has 0 bridgehead atoms. The number of esters is 1. The Hall–Kier alpha value is -2.30. The van der Waals surface area contributed by atoms with Crippen LogP contribution in [0.25, 0.3) is 11.3 Å². The third kappa shape index (κ3) is 2.99. The molecule has 1 aromatic heterocycles. The molecule has 1 aromatic carbocycles. The molecule has 0 aliphatic carbocycles. The van der Waals surface area contributed by atoms with Crippen molar-refractivity contribution in [3.63, 3.8) is 0 Å². The van der Waals surface area contributed by atoms with E-state index in [2.05, 4.69) is 4.98 Å². The number of pyridine rings is 1. The van der Waals surface area contributed by atoms with Crippen LogP contribution in [0.4, 0.5) is 8.78 Å². The summed E-state index contributed by atoms with van der Waals surface area (Å²) in [4.78, 5) is 15.6. The Morgan fingerprint density at radius 2 is 1.85 bits per heavy atom. The third-order valence-corrected chi connectivity index (χ3v) is 2.51. The highest BCUT2D eigenvalue weighted by atomic mass is 19.2. The first kappa shape index (κ1) is 14.1. The molecule has 0 spiro atoms. The van der Waals surface area contributed by atoms with E-state index < -0.39 is 17.6 Å². The summed E-state index contributed by atoms with van der Waals surface area (Å²) in [5.74, 6) is -3.00. The monoisotopic (exact) mass is 277 g/mol. The zero-order valence-electron chi connectivity index (χ0n) is 11.1. The van der Waals surface area contributed by atoms with Gasteiger partial charge in [0.05, 0.1) is 6.10 Å². The molecule has 104 valence electrons.